The Kier molecular flexibility index (Phi) is 2.19. The van der Waals surface area contributed by atoms with Crippen molar-refractivity contribution in [3.05, 3.63) is 29.5 Å². The molecule has 2 rings (SSSR count). The molecule has 0 aliphatic carbocycles. The van der Waals surface area contributed by atoms with E-state index < -0.39 is 5.97 Å². The summed E-state index contributed by atoms with van der Waals surface area (Å²) in [5, 5.41) is 18.0. The Labute approximate surface area is 83.1 Å². The summed E-state index contributed by atoms with van der Waals surface area (Å²) in [5.74, 6) is -1.31. The smallest absolute Gasteiger partial charge is 0.163 e. The predicted molar refractivity (Wildman–Crippen MR) is 47.5 cm³/mol. The highest BCUT2D eigenvalue weighted by atomic mass is 32.1. The van der Waals surface area contributed by atoms with E-state index in [0.717, 1.165) is 16.9 Å². The van der Waals surface area contributed by atoms with Gasteiger partial charge in [-0.25, -0.2) is 0 Å². The highest BCUT2D eigenvalue weighted by Gasteiger charge is 2.06. The monoisotopic (exact) mass is 206 g/mol. The molecule has 5 nitrogen and oxygen atoms in total. The first-order chi connectivity index (χ1) is 6.77. The fourth-order valence-corrected chi connectivity index (χ4v) is 1.58. The van der Waals surface area contributed by atoms with Crippen LogP contribution in [0.5, 0.6) is 0 Å². The Balaban J connectivity index is 2.39. The number of aromatic carboxylic acids is 1. The third-order valence-electron chi connectivity index (χ3n) is 1.51. The molecule has 0 radical (unpaired) electrons. The molecule has 0 aromatic carbocycles. The normalized spacial score (nSPS) is 10.0. The first-order valence-electron chi connectivity index (χ1n) is 3.72. The largest absolute Gasteiger partial charge is 0.542 e. The molecule has 2 heterocycles. The summed E-state index contributed by atoms with van der Waals surface area (Å²) < 4.78 is 0. The Morgan fingerprint density at radius 2 is 2.29 bits per heavy atom. The van der Waals surface area contributed by atoms with Gasteiger partial charge in [0.15, 0.2) is 5.01 Å². The van der Waals surface area contributed by atoms with E-state index in [1.165, 1.54) is 0 Å². The van der Waals surface area contributed by atoms with E-state index in [4.69, 9.17) is 0 Å². The number of carboxylic acids is 1. The summed E-state index contributed by atoms with van der Waals surface area (Å²) in [6.45, 7) is 0. The van der Waals surface area contributed by atoms with E-state index in [2.05, 4.69) is 15.2 Å². The predicted octanol–water partition coefficient (Wildman–Crippen LogP) is -0.0364. The van der Waals surface area contributed by atoms with E-state index in [1.54, 1.807) is 24.5 Å². The lowest BCUT2D eigenvalue weighted by Gasteiger charge is -1.92. The van der Waals surface area contributed by atoms with Crippen LogP contribution in [0.4, 0.5) is 0 Å². The Bertz CT molecular complexity index is 455. The molecule has 0 saturated carbocycles. The molecule has 0 aliphatic rings. The topological polar surface area (TPSA) is 78.8 Å². The fourth-order valence-electron chi connectivity index (χ4n) is 0.912. The standard InChI is InChI=1S/C8H5N3O2S/c12-8(13)7-11-10-6(14-7)5-2-1-3-9-4-5/h1-4H,(H,12,13)/p-1. The first kappa shape index (κ1) is 8.76. The van der Waals surface area contributed by atoms with Crippen molar-refractivity contribution in [2.45, 2.75) is 0 Å². The number of carbonyl (C=O) groups excluding carboxylic acids is 1. The van der Waals surface area contributed by atoms with Gasteiger partial charge in [-0.3, -0.25) is 4.98 Å². The number of hydrogen-bond acceptors (Lipinski definition) is 6. The van der Waals surface area contributed by atoms with Crippen LogP contribution in [0.25, 0.3) is 10.6 Å². The first-order valence-corrected chi connectivity index (χ1v) is 4.54. The van der Waals surface area contributed by atoms with E-state index in [1.807, 2.05) is 0 Å². The molecule has 0 atom stereocenters. The van der Waals surface area contributed by atoms with Gasteiger partial charge in [-0.2, -0.15) is 0 Å². The summed E-state index contributed by atoms with van der Waals surface area (Å²) in [6.07, 6.45) is 3.23. The maximum atomic E-state index is 10.4. The van der Waals surface area contributed by atoms with E-state index in [0.29, 0.717) is 5.01 Å². The molecule has 2 aromatic rings. The third-order valence-corrected chi connectivity index (χ3v) is 2.46. The Morgan fingerprint density at radius 3 is 2.86 bits per heavy atom. The number of nitrogens with zero attached hydrogens (tertiary/aromatic N) is 3. The SMILES string of the molecule is O=C([O-])c1nnc(-c2cccnc2)s1. The Morgan fingerprint density at radius 1 is 1.43 bits per heavy atom. The number of aromatic nitrogens is 3. The summed E-state index contributed by atoms with van der Waals surface area (Å²) in [4.78, 5) is 14.3. The minimum absolute atomic E-state index is 0.121. The minimum Gasteiger partial charge on any atom is -0.542 e. The molecule has 0 unspecified atom stereocenters. The van der Waals surface area contributed by atoms with Crippen LogP contribution in [-0.2, 0) is 0 Å². The molecule has 70 valence electrons. The summed E-state index contributed by atoms with van der Waals surface area (Å²) >= 11 is 0.970. The average molecular weight is 206 g/mol. The van der Waals surface area contributed by atoms with Crippen LogP contribution >= 0.6 is 11.3 Å². The van der Waals surface area contributed by atoms with Gasteiger partial charge in [0, 0.05) is 18.0 Å². The van der Waals surface area contributed by atoms with Gasteiger partial charge in [0.25, 0.3) is 0 Å². The Hall–Kier alpha value is -1.82. The average Bonchev–Trinajstić information content (AvgIpc) is 2.68. The van der Waals surface area contributed by atoms with Gasteiger partial charge < -0.3 is 9.90 Å². The summed E-state index contributed by atoms with van der Waals surface area (Å²) in [7, 11) is 0. The number of carboxylic acid groups (broad SMARTS) is 1. The second-order valence-corrected chi connectivity index (χ2v) is 3.42. The maximum absolute atomic E-state index is 10.4. The zero-order chi connectivity index (χ0) is 9.97. The second-order valence-electron chi connectivity index (χ2n) is 2.44. The zero-order valence-electron chi connectivity index (χ0n) is 6.88. The van der Waals surface area contributed by atoms with Crippen molar-refractivity contribution in [3.8, 4) is 10.6 Å². The lowest BCUT2D eigenvalue weighted by Crippen LogP contribution is -2.21. The molecule has 0 saturated heterocycles. The molecule has 6 heteroatoms. The second kappa shape index (κ2) is 3.51. The van der Waals surface area contributed by atoms with Gasteiger partial charge in [0.05, 0.1) is 0 Å². The molecule has 0 spiro atoms. The lowest BCUT2D eigenvalue weighted by atomic mass is 10.3. The van der Waals surface area contributed by atoms with Crippen LogP contribution in [0.3, 0.4) is 0 Å². The van der Waals surface area contributed by atoms with Gasteiger partial charge in [-0.15, -0.1) is 10.2 Å². The van der Waals surface area contributed by atoms with Crippen molar-refractivity contribution in [2.24, 2.45) is 0 Å². The molecule has 0 bridgehead atoms. The number of carbonyl (C=O) groups is 1. The van der Waals surface area contributed by atoms with E-state index in [-0.39, 0.29) is 5.01 Å². The fraction of sp³-hybridized carbons (Fsp3) is 0. The van der Waals surface area contributed by atoms with Crippen molar-refractivity contribution in [1.29, 1.82) is 0 Å². The zero-order valence-corrected chi connectivity index (χ0v) is 7.69. The molecule has 2 aromatic heterocycles. The highest BCUT2D eigenvalue weighted by Crippen LogP contribution is 2.21. The van der Waals surface area contributed by atoms with Crippen molar-refractivity contribution in [2.75, 3.05) is 0 Å². The molecule has 0 fully saturated rings. The van der Waals surface area contributed by atoms with Gasteiger partial charge in [0.2, 0.25) is 0 Å². The summed E-state index contributed by atoms with van der Waals surface area (Å²) in [6, 6.07) is 3.53. The van der Waals surface area contributed by atoms with Crippen LogP contribution in [0.1, 0.15) is 9.80 Å². The van der Waals surface area contributed by atoms with Crippen molar-refractivity contribution in [3.63, 3.8) is 0 Å². The van der Waals surface area contributed by atoms with E-state index in [9.17, 15) is 9.90 Å². The van der Waals surface area contributed by atoms with Gasteiger partial charge in [-0.05, 0) is 12.1 Å². The number of rotatable bonds is 2. The van der Waals surface area contributed by atoms with Crippen LogP contribution in [0, 0.1) is 0 Å². The molecule has 0 amide bonds. The van der Waals surface area contributed by atoms with Crippen molar-refractivity contribution in [1.82, 2.24) is 15.2 Å². The molecular weight excluding hydrogens is 202 g/mol. The third kappa shape index (κ3) is 1.60. The van der Waals surface area contributed by atoms with Crippen LogP contribution in [-0.4, -0.2) is 21.2 Å². The molecule has 0 aliphatic heterocycles. The highest BCUT2D eigenvalue weighted by molar-refractivity contribution is 7.16. The van der Waals surface area contributed by atoms with Gasteiger partial charge in [0.1, 0.15) is 11.0 Å². The minimum atomic E-state index is -1.31. The maximum Gasteiger partial charge on any atom is 0.163 e. The molecular formula is C8H4N3O2S-. The lowest BCUT2D eigenvalue weighted by molar-refractivity contribution is -0.255. The van der Waals surface area contributed by atoms with Gasteiger partial charge >= 0.3 is 0 Å². The van der Waals surface area contributed by atoms with Crippen molar-refractivity contribution >= 4 is 17.3 Å². The summed E-state index contributed by atoms with van der Waals surface area (Å²) in [5.41, 5.74) is 0.748. The molecule has 0 N–H and O–H groups in total. The number of pyridine rings is 1. The van der Waals surface area contributed by atoms with Gasteiger partial charge in [-0.1, -0.05) is 11.3 Å². The van der Waals surface area contributed by atoms with E-state index >= 15 is 0 Å². The quantitative estimate of drug-likeness (QED) is 0.689. The number of hydrogen-bond donors (Lipinski definition) is 0. The van der Waals surface area contributed by atoms with Crippen LogP contribution in [0.15, 0.2) is 24.5 Å². The van der Waals surface area contributed by atoms with Crippen LogP contribution < -0.4 is 5.11 Å². The van der Waals surface area contributed by atoms with Crippen molar-refractivity contribution < 1.29 is 9.90 Å². The van der Waals surface area contributed by atoms with Crippen LogP contribution in [0.2, 0.25) is 0 Å². The molecule has 14 heavy (non-hydrogen) atoms.